The minimum absolute atomic E-state index is 0.0728. The molecule has 0 fully saturated rings. The first-order chi connectivity index (χ1) is 10.4. The number of hydrogen-bond acceptors (Lipinski definition) is 3. The summed E-state index contributed by atoms with van der Waals surface area (Å²) in [5, 5.41) is 2.67. The van der Waals surface area contributed by atoms with Crippen LogP contribution in [0.5, 0.6) is 0 Å². The molecule has 1 aromatic rings. The first kappa shape index (κ1) is 18.9. The van der Waals surface area contributed by atoms with Crippen LogP contribution in [0.1, 0.15) is 39.3 Å². The van der Waals surface area contributed by atoms with Gasteiger partial charge in [-0.1, -0.05) is 36.1 Å². The fourth-order valence-electron chi connectivity index (χ4n) is 1.93. The van der Waals surface area contributed by atoms with Crippen molar-refractivity contribution in [1.29, 1.82) is 0 Å². The maximum atomic E-state index is 12.9. The van der Waals surface area contributed by atoms with E-state index in [4.69, 9.17) is 12.2 Å². The minimum atomic E-state index is -0.282. The fourth-order valence-corrected chi connectivity index (χ4v) is 3.50. The summed E-state index contributed by atoms with van der Waals surface area (Å²) in [4.78, 5) is 14.3. The topological polar surface area (TPSA) is 32.3 Å². The number of rotatable bonds is 6. The number of nitrogens with zero attached hydrogens (tertiary/aromatic N) is 1. The highest BCUT2D eigenvalue weighted by molar-refractivity contribution is 8.23. The van der Waals surface area contributed by atoms with Crippen LogP contribution in [0.25, 0.3) is 0 Å². The number of benzene rings is 1. The van der Waals surface area contributed by atoms with E-state index in [1.807, 2.05) is 32.6 Å². The lowest BCUT2D eigenvalue weighted by atomic mass is 10.1. The third kappa shape index (κ3) is 5.57. The van der Waals surface area contributed by atoms with Gasteiger partial charge in [-0.05, 0) is 45.4 Å². The van der Waals surface area contributed by atoms with Gasteiger partial charge < -0.3 is 10.2 Å². The highest BCUT2D eigenvalue weighted by Crippen LogP contribution is 2.18. The number of nitrogens with one attached hydrogen (secondary N) is 1. The van der Waals surface area contributed by atoms with Crippen LogP contribution in [-0.2, 0) is 4.79 Å². The molecule has 1 amide bonds. The van der Waals surface area contributed by atoms with E-state index in [1.165, 1.54) is 23.9 Å². The van der Waals surface area contributed by atoms with Gasteiger partial charge in [-0.25, -0.2) is 4.39 Å². The summed E-state index contributed by atoms with van der Waals surface area (Å²) in [5.74, 6) is -0.355. The molecule has 0 radical (unpaired) electrons. The Morgan fingerprint density at radius 3 is 2.32 bits per heavy atom. The number of thiocarbonyl (C=S) groups is 1. The van der Waals surface area contributed by atoms with Gasteiger partial charge in [-0.3, -0.25) is 4.79 Å². The molecule has 3 nitrogen and oxygen atoms in total. The zero-order valence-electron chi connectivity index (χ0n) is 13.4. The summed E-state index contributed by atoms with van der Waals surface area (Å²) in [6.45, 7) is 9.47. The van der Waals surface area contributed by atoms with Crippen molar-refractivity contribution >= 4 is 34.2 Å². The molecule has 1 rings (SSSR count). The Hall–Kier alpha value is -1.14. The smallest absolute Gasteiger partial charge is 0.233 e. The van der Waals surface area contributed by atoms with Crippen LogP contribution in [0.2, 0.25) is 0 Å². The van der Waals surface area contributed by atoms with Crippen LogP contribution in [0.15, 0.2) is 24.3 Å². The zero-order valence-corrected chi connectivity index (χ0v) is 15.1. The normalized spacial score (nSPS) is 13.3. The molecule has 0 spiro atoms. The molecule has 0 saturated carbocycles. The van der Waals surface area contributed by atoms with Gasteiger partial charge in [0.2, 0.25) is 5.91 Å². The molecule has 0 aliphatic heterocycles. The number of carbonyl (C=O) groups is 1. The number of amides is 1. The molecule has 0 aliphatic carbocycles. The number of halogens is 1. The summed E-state index contributed by atoms with van der Waals surface area (Å²) < 4.78 is 13.7. The molecule has 6 heteroatoms. The Bertz CT molecular complexity index is 503. The Morgan fingerprint density at radius 2 is 1.82 bits per heavy atom. The predicted octanol–water partition coefficient (Wildman–Crippen LogP) is 3.75. The molecule has 122 valence electrons. The average Bonchev–Trinajstić information content (AvgIpc) is 2.48. The predicted molar refractivity (Wildman–Crippen MR) is 95.5 cm³/mol. The van der Waals surface area contributed by atoms with E-state index in [-0.39, 0.29) is 23.0 Å². The van der Waals surface area contributed by atoms with Crippen molar-refractivity contribution in [1.82, 2.24) is 10.2 Å². The fraction of sp³-hybridized carbons (Fsp3) is 0.500. The van der Waals surface area contributed by atoms with Crippen LogP contribution >= 0.6 is 24.0 Å². The number of carbonyl (C=O) groups excluding carboxylic acids is 1. The molecule has 0 heterocycles. The average molecular weight is 343 g/mol. The Labute approximate surface area is 141 Å². The molecule has 22 heavy (non-hydrogen) atoms. The van der Waals surface area contributed by atoms with Gasteiger partial charge >= 0.3 is 0 Å². The van der Waals surface area contributed by atoms with Gasteiger partial charge in [0.25, 0.3) is 0 Å². The summed E-state index contributed by atoms with van der Waals surface area (Å²) in [6, 6.07) is 5.98. The Balaban J connectivity index is 2.56. The number of thioether (sulfide) groups is 1. The van der Waals surface area contributed by atoms with Gasteiger partial charge in [0, 0.05) is 13.1 Å². The first-order valence-corrected chi connectivity index (χ1v) is 8.69. The SMILES string of the molecule is CCN(CC)C(=S)S[C@H](C)C(=O)N[C@H](C)c1ccc(F)cc1. The molecular weight excluding hydrogens is 319 g/mol. The van der Waals surface area contributed by atoms with Gasteiger partial charge in [-0.15, -0.1) is 0 Å². The molecule has 0 saturated heterocycles. The monoisotopic (exact) mass is 342 g/mol. The quantitative estimate of drug-likeness (QED) is 0.798. The van der Waals surface area contributed by atoms with Crippen molar-refractivity contribution < 1.29 is 9.18 Å². The molecule has 1 aromatic carbocycles. The molecule has 0 bridgehead atoms. The highest BCUT2D eigenvalue weighted by atomic mass is 32.2. The van der Waals surface area contributed by atoms with Crippen molar-refractivity contribution in [2.24, 2.45) is 0 Å². The summed E-state index contributed by atoms with van der Waals surface area (Å²) >= 11 is 6.75. The van der Waals surface area contributed by atoms with Gasteiger partial charge in [0.05, 0.1) is 11.3 Å². The lowest BCUT2D eigenvalue weighted by Gasteiger charge is -2.23. The second-order valence-electron chi connectivity index (χ2n) is 4.98. The van der Waals surface area contributed by atoms with Crippen molar-refractivity contribution in [2.45, 2.75) is 39.0 Å². The van der Waals surface area contributed by atoms with E-state index in [9.17, 15) is 9.18 Å². The van der Waals surface area contributed by atoms with Gasteiger partial charge in [0.1, 0.15) is 10.1 Å². The second kappa shape index (κ2) is 9.10. The summed E-state index contributed by atoms with van der Waals surface area (Å²) in [5.41, 5.74) is 0.873. The molecule has 0 aromatic heterocycles. The van der Waals surface area contributed by atoms with Gasteiger partial charge in [-0.2, -0.15) is 0 Å². The zero-order chi connectivity index (χ0) is 16.7. The Kier molecular flexibility index (Phi) is 7.82. The molecule has 0 aliphatic rings. The lowest BCUT2D eigenvalue weighted by Crippen LogP contribution is -2.35. The standard InChI is InChI=1S/C16H23FN2OS2/c1-5-19(6-2)16(21)22-12(4)15(20)18-11(3)13-7-9-14(17)10-8-13/h7-12H,5-6H2,1-4H3,(H,18,20)/t11-,12-/m1/s1. The van der Waals surface area contributed by atoms with E-state index < -0.39 is 0 Å². The van der Waals surface area contributed by atoms with Crippen LogP contribution in [0, 0.1) is 5.82 Å². The van der Waals surface area contributed by atoms with E-state index in [2.05, 4.69) is 5.32 Å². The van der Waals surface area contributed by atoms with E-state index in [0.29, 0.717) is 0 Å². The van der Waals surface area contributed by atoms with E-state index >= 15 is 0 Å². The maximum absolute atomic E-state index is 12.9. The summed E-state index contributed by atoms with van der Waals surface area (Å²) in [6.07, 6.45) is 0. The van der Waals surface area contributed by atoms with Crippen molar-refractivity contribution in [3.8, 4) is 0 Å². The third-order valence-electron chi connectivity index (χ3n) is 3.40. The molecular formula is C16H23FN2OS2. The Morgan fingerprint density at radius 1 is 1.27 bits per heavy atom. The molecule has 2 atom stereocenters. The van der Waals surface area contributed by atoms with Crippen molar-refractivity contribution in [2.75, 3.05) is 13.1 Å². The molecule has 0 unspecified atom stereocenters. The van der Waals surface area contributed by atoms with E-state index in [0.717, 1.165) is 23.0 Å². The summed E-state index contributed by atoms with van der Waals surface area (Å²) in [7, 11) is 0. The van der Waals surface area contributed by atoms with Crippen LogP contribution < -0.4 is 5.32 Å². The molecule has 1 N–H and O–H groups in total. The van der Waals surface area contributed by atoms with Crippen LogP contribution in [-0.4, -0.2) is 33.5 Å². The largest absolute Gasteiger partial charge is 0.358 e. The lowest BCUT2D eigenvalue weighted by molar-refractivity contribution is -0.120. The van der Waals surface area contributed by atoms with Crippen molar-refractivity contribution in [3.05, 3.63) is 35.6 Å². The van der Waals surface area contributed by atoms with Crippen molar-refractivity contribution in [3.63, 3.8) is 0 Å². The van der Waals surface area contributed by atoms with E-state index in [1.54, 1.807) is 12.1 Å². The van der Waals surface area contributed by atoms with Crippen LogP contribution in [0.3, 0.4) is 0 Å². The first-order valence-electron chi connectivity index (χ1n) is 7.40. The third-order valence-corrected chi connectivity index (χ3v) is 4.97. The van der Waals surface area contributed by atoms with Crippen LogP contribution in [0.4, 0.5) is 4.39 Å². The second-order valence-corrected chi connectivity index (χ2v) is 6.95. The van der Waals surface area contributed by atoms with Gasteiger partial charge in [0.15, 0.2) is 0 Å². The minimum Gasteiger partial charge on any atom is -0.358 e. The maximum Gasteiger partial charge on any atom is 0.233 e. The highest BCUT2D eigenvalue weighted by Gasteiger charge is 2.20. The number of hydrogen-bond donors (Lipinski definition) is 1.